The molecule has 2 N–H and O–H groups in total. The van der Waals surface area contributed by atoms with Gasteiger partial charge >= 0.3 is 23.9 Å². The molecule has 0 spiro atoms. The molecule has 0 saturated carbocycles. The molecule has 0 aliphatic carbocycles. The number of aromatic carboxylic acids is 2. The number of hydrogen-bond donors (Lipinski definition) is 2. The zero-order valence-corrected chi connectivity index (χ0v) is 37.7. The molecule has 0 amide bonds. The summed E-state index contributed by atoms with van der Waals surface area (Å²) in [5.41, 5.74) is 3.04. The summed E-state index contributed by atoms with van der Waals surface area (Å²) in [6.45, 7) is 18.8. The predicted molar refractivity (Wildman–Crippen MR) is 216 cm³/mol. The zero-order chi connectivity index (χ0) is 42.0. The summed E-state index contributed by atoms with van der Waals surface area (Å²) in [6.07, 6.45) is 0.838. The Morgan fingerprint density at radius 3 is 0.963 bits per heavy atom. The molecule has 0 atom stereocenters. The molecule has 0 saturated heterocycles. The number of benzene rings is 4. The van der Waals surface area contributed by atoms with Gasteiger partial charge in [-0.15, -0.1) is 0 Å². The van der Waals surface area contributed by atoms with Gasteiger partial charge < -0.3 is 29.2 Å². The van der Waals surface area contributed by atoms with Crippen molar-refractivity contribution in [2.75, 3.05) is 28.4 Å². The van der Waals surface area contributed by atoms with Crippen molar-refractivity contribution >= 4 is 23.9 Å². The fourth-order valence-electron chi connectivity index (χ4n) is 2.98. The second-order valence-electron chi connectivity index (χ2n) is 8.71. The van der Waals surface area contributed by atoms with Crippen LogP contribution >= 0.6 is 0 Å². The molecule has 4 aromatic carbocycles. The summed E-state index contributed by atoms with van der Waals surface area (Å²) in [7, 11) is 6.26. The van der Waals surface area contributed by atoms with Crippen LogP contribution in [0.3, 0.4) is 0 Å². The fourth-order valence-corrected chi connectivity index (χ4v) is 2.98. The van der Waals surface area contributed by atoms with Crippen LogP contribution in [0.25, 0.3) is 0 Å². The second kappa shape index (κ2) is 46.6. The number of hydrogen-bond acceptors (Lipinski definition) is 8. The van der Waals surface area contributed by atoms with Gasteiger partial charge in [0, 0.05) is 60.8 Å². The van der Waals surface area contributed by atoms with Crippen molar-refractivity contribution in [3.63, 3.8) is 0 Å². The number of carboxylic acid groups (broad SMARTS) is 2. The third kappa shape index (κ3) is 38.8. The predicted octanol–water partition coefficient (Wildman–Crippen LogP) is 10.5. The van der Waals surface area contributed by atoms with Crippen LogP contribution in [0, 0.1) is 0 Å². The minimum atomic E-state index is -0.879. The van der Waals surface area contributed by atoms with Crippen LogP contribution in [-0.2, 0) is 58.2 Å². The van der Waals surface area contributed by atoms with Gasteiger partial charge in [-0.3, -0.25) is 9.59 Å². The van der Waals surface area contributed by atoms with Crippen LogP contribution in [0.1, 0.15) is 101 Å². The first-order valence-corrected chi connectivity index (χ1v) is 17.4. The number of esters is 2. The summed E-state index contributed by atoms with van der Waals surface area (Å²) in [4.78, 5) is 40.8. The van der Waals surface area contributed by atoms with Crippen molar-refractivity contribution in [2.24, 2.45) is 0 Å². The van der Waals surface area contributed by atoms with Gasteiger partial charge in [-0.2, -0.15) is 0 Å². The van der Waals surface area contributed by atoms with E-state index in [4.69, 9.17) is 19.7 Å². The molecule has 1 radical (unpaired) electrons. The fraction of sp³-hybridized carbons (Fsp3) is 0.349. The minimum absolute atomic E-state index is 0. The van der Waals surface area contributed by atoms with E-state index in [1.807, 2.05) is 91.8 Å². The zero-order valence-electron chi connectivity index (χ0n) is 34.8. The number of rotatable bonds is 6. The van der Waals surface area contributed by atoms with Gasteiger partial charge in [0.1, 0.15) is 11.5 Å². The monoisotopic (exact) mass is 829 g/mol. The third-order valence-electron chi connectivity index (χ3n) is 5.08. The Bertz CT molecular complexity index is 1350. The number of carbonyl (C=O) groups is 4. The van der Waals surface area contributed by atoms with Crippen molar-refractivity contribution < 1.29 is 81.0 Å². The smallest absolute Gasteiger partial charge is 0.335 e. The van der Waals surface area contributed by atoms with Gasteiger partial charge in [0.05, 0.1) is 25.3 Å². The SMILES string of the molecule is CC.CC.CC.CC.COC.COC(C)=O.COc1ccc(Cc2ccc(OC(C)=O)cc2)cc1.O=C(O)c1ccccc1.O=C(O)c1ccccc1.[Y]. The number of carboxylic acids is 2. The van der Waals surface area contributed by atoms with Crippen LogP contribution < -0.4 is 9.47 Å². The summed E-state index contributed by atoms with van der Waals surface area (Å²) in [5, 5.41) is 16.8. The second-order valence-corrected chi connectivity index (χ2v) is 8.71. The van der Waals surface area contributed by atoms with E-state index < -0.39 is 11.9 Å². The normalized spacial score (nSPS) is 7.89. The maximum absolute atomic E-state index is 10.8. The topological polar surface area (TPSA) is 146 Å². The third-order valence-corrected chi connectivity index (χ3v) is 5.08. The summed E-state index contributed by atoms with van der Waals surface area (Å²) in [6, 6.07) is 32.1. The standard InChI is InChI=1S/C16H16O3.2C7H6O2.C3H6O2.C2H6O.4C2H6.Y/c1-12(17)19-16-9-5-14(6-10-16)11-13-3-7-15(18-2)8-4-13;2*8-7(9)6-4-2-1-3-5-6;1-3(4)5-2;1-3-2;4*1-2;/h3-10H,11H2,1-2H3;2*1-5H,(H,8,9);1-2H3;1-2H3;4*1-2H3;. The van der Waals surface area contributed by atoms with Crippen molar-refractivity contribution in [3.05, 3.63) is 131 Å². The molecule has 0 fully saturated rings. The van der Waals surface area contributed by atoms with Crippen LogP contribution in [0.15, 0.2) is 109 Å². The Kier molecular flexibility index (Phi) is 53.3. The van der Waals surface area contributed by atoms with Crippen LogP contribution in [0.5, 0.6) is 11.5 Å². The molecule has 10 nitrogen and oxygen atoms in total. The van der Waals surface area contributed by atoms with E-state index >= 15 is 0 Å². The molecule has 0 aromatic heterocycles. The molecule has 0 aliphatic heterocycles. The Balaban J connectivity index is -0.000000140. The molecular weight excluding hydrogens is 765 g/mol. The van der Waals surface area contributed by atoms with Crippen molar-refractivity contribution in [1.82, 2.24) is 0 Å². The Morgan fingerprint density at radius 2 is 0.759 bits per heavy atom. The van der Waals surface area contributed by atoms with Gasteiger partial charge in [0.15, 0.2) is 0 Å². The van der Waals surface area contributed by atoms with Crippen LogP contribution in [0.4, 0.5) is 0 Å². The maximum atomic E-state index is 10.8. The summed E-state index contributed by atoms with van der Waals surface area (Å²) >= 11 is 0. The van der Waals surface area contributed by atoms with Gasteiger partial charge in [0.25, 0.3) is 0 Å². The van der Waals surface area contributed by atoms with E-state index in [2.05, 4.69) is 9.47 Å². The van der Waals surface area contributed by atoms with Crippen molar-refractivity contribution in [1.29, 1.82) is 0 Å². The summed E-state index contributed by atoms with van der Waals surface area (Å²) in [5.74, 6) is -0.876. The number of ether oxygens (including phenoxy) is 4. The van der Waals surface area contributed by atoms with E-state index in [0.717, 1.165) is 12.2 Å². The Labute approximate surface area is 350 Å². The van der Waals surface area contributed by atoms with Gasteiger partial charge in [-0.1, -0.05) is 116 Å². The van der Waals surface area contributed by atoms with E-state index in [1.165, 1.54) is 32.1 Å². The molecule has 0 aliphatic rings. The molecule has 0 unspecified atom stereocenters. The first-order chi connectivity index (χ1) is 25.5. The van der Waals surface area contributed by atoms with Gasteiger partial charge in [-0.05, 0) is 66.1 Å². The molecular formula is C43H64O10Y. The van der Waals surface area contributed by atoms with E-state index in [0.29, 0.717) is 16.9 Å². The molecule has 11 heteroatoms. The quantitative estimate of drug-likeness (QED) is 0.142. The molecule has 0 heterocycles. The van der Waals surface area contributed by atoms with Gasteiger partial charge in [0.2, 0.25) is 0 Å². The van der Waals surface area contributed by atoms with Crippen molar-refractivity contribution in [3.8, 4) is 11.5 Å². The van der Waals surface area contributed by atoms with E-state index in [-0.39, 0.29) is 44.6 Å². The average molecular weight is 830 g/mol. The Hall–Kier alpha value is -4.38. The number of methoxy groups -OCH3 is 3. The average Bonchev–Trinajstić information content (AvgIpc) is 3.20. The first-order valence-electron chi connectivity index (χ1n) is 17.4. The molecule has 4 rings (SSSR count). The first kappa shape index (κ1) is 61.7. The molecule has 54 heavy (non-hydrogen) atoms. The van der Waals surface area contributed by atoms with Crippen LogP contribution in [0.2, 0.25) is 0 Å². The van der Waals surface area contributed by atoms with E-state index in [1.54, 1.807) is 94.1 Å². The number of carbonyl (C=O) groups excluding carboxylic acids is 2. The Morgan fingerprint density at radius 1 is 0.481 bits per heavy atom. The van der Waals surface area contributed by atoms with E-state index in [9.17, 15) is 19.2 Å². The summed E-state index contributed by atoms with van der Waals surface area (Å²) < 4.78 is 18.5. The van der Waals surface area contributed by atoms with Crippen LogP contribution in [-0.4, -0.2) is 62.5 Å². The van der Waals surface area contributed by atoms with Gasteiger partial charge in [-0.25, -0.2) is 9.59 Å². The molecule has 299 valence electrons. The van der Waals surface area contributed by atoms with Crippen molar-refractivity contribution in [2.45, 2.75) is 75.7 Å². The minimum Gasteiger partial charge on any atom is -0.497 e. The maximum Gasteiger partial charge on any atom is 0.335 e. The molecule has 0 bridgehead atoms. The molecule has 4 aromatic rings. The largest absolute Gasteiger partial charge is 0.497 e.